The second kappa shape index (κ2) is 6.85. The Morgan fingerprint density at radius 3 is 2.92 bits per heavy atom. The first-order chi connectivity index (χ1) is 11.8. The van der Waals surface area contributed by atoms with E-state index in [9.17, 15) is 4.79 Å². The fraction of sp³-hybridized carbons (Fsp3) is 0.647. The number of rotatable bonds is 4. The van der Waals surface area contributed by atoms with E-state index >= 15 is 0 Å². The number of nitrogens with zero attached hydrogens (tertiary/aromatic N) is 5. The number of hydrogen-bond acceptors (Lipinski definition) is 4. The van der Waals surface area contributed by atoms with Crippen molar-refractivity contribution in [3.8, 4) is 0 Å². The maximum absolute atomic E-state index is 12.2. The third-order valence-electron chi connectivity index (χ3n) is 4.41. The molecule has 0 saturated carbocycles. The Morgan fingerprint density at radius 1 is 1.36 bits per heavy atom. The van der Waals surface area contributed by atoms with Crippen LogP contribution in [0, 0.1) is 6.92 Å². The summed E-state index contributed by atoms with van der Waals surface area (Å²) in [7, 11) is 0. The Labute approximate surface area is 148 Å². The van der Waals surface area contributed by atoms with Gasteiger partial charge in [-0.2, -0.15) is 5.10 Å². The van der Waals surface area contributed by atoms with Crippen LogP contribution in [0.2, 0.25) is 0 Å². The van der Waals surface area contributed by atoms with Gasteiger partial charge in [0.2, 0.25) is 0 Å². The van der Waals surface area contributed by atoms with Gasteiger partial charge >= 0.3 is 6.03 Å². The number of amides is 2. The van der Waals surface area contributed by atoms with E-state index in [0.29, 0.717) is 13.1 Å². The number of aromatic nitrogens is 5. The van der Waals surface area contributed by atoms with Gasteiger partial charge in [-0.05, 0) is 40.5 Å². The van der Waals surface area contributed by atoms with Gasteiger partial charge in [-0.25, -0.2) is 19.4 Å². The smallest absolute Gasteiger partial charge is 0.315 e. The Kier molecular flexibility index (Phi) is 4.78. The molecule has 1 aliphatic heterocycles. The predicted octanol–water partition coefficient (Wildman–Crippen LogP) is 1.91. The zero-order valence-corrected chi connectivity index (χ0v) is 15.4. The van der Waals surface area contributed by atoms with Crippen molar-refractivity contribution in [1.29, 1.82) is 0 Å². The number of carbonyl (C=O) groups excluding carboxylic acids is 1. The molecule has 0 radical (unpaired) electrons. The van der Waals surface area contributed by atoms with Crippen molar-refractivity contribution in [1.82, 2.24) is 34.9 Å². The summed E-state index contributed by atoms with van der Waals surface area (Å²) in [5.41, 5.74) is 0.869. The fourth-order valence-electron chi connectivity index (χ4n) is 3.28. The maximum atomic E-state index is 12.2. The van der Waals surface area contributed by atoms with Crippen LogP contribution in [0.3, 0.4) is 0 Å². The highest BCUT2D eigenvalue weighted by atomic mass is 16.2. The molecular formula is C17H27N7O. The number of hydrogen-bond donors (Lipinski definition) is 2. The first-order valence-corrected chi connectivity index (χ1v) is 8.79. The molecule has 3 rings (SSSR count). The Balaban J connectivity index is 1.52. The number of imidazole rings is 1. The summed E-state index contributed by atoms with van der Waals surface area (Å²) in [4.78, 5) is 21.0. The van der Waals surface area contributed by atoms with Crippen LogP contribution in [0.5, 0.6) is 0 Å². The monoisotopic (exact) mass is 345 g/mol. The van der Waals surface area contributed by atoms with Gasteiger partial charge in [-0.1, -0.05) is 0 Å². The van der Waals surface area contributed by atoms with Crippen LogP contribution >= 0.6 is 0 Å². The van der Waals surface area contributed by atoms with Gasteiger partial charge in [0.15, 0.2) is 0 Å². The molecule has 2 amide bonds. The lowest BCUT2D eigenvalue weighted by Crippen LogP contribution is -2.39. The van der Waals surface area contributed by atoms with Crippen LogP contribution in [-0.2, 0) is 18.6 Å². The molecule has 136 valence electrons. The van der Waals surface area contributed by atoms with Gasteiger partial charge in [-0.3, -0.25) is 0 Å². The Hall–Kier alpha value is -2.38. The SMILES string of the molecule is Cc1cn2c(n1)C(CNC(=O)NCc1ncnn1C(C)(C)C)CCC2. The number of fused-ring (bicyclic) bond motifs is 1. The van der Waals surface area contributed by atoms with Crippen LogP contribution in [-0.4, -0.2) is 36.9 Å². The average Bonchev–Trinajstić information content (AvgIpc) is 3.15. The summed E-state index contributed by atoms with van der Waals surface area (Å²) in [5.74, 6) is 2.09. The minimum atomic E-state index is -0.191. The van der Waals surface area contributed by atoms with Crippen molar-refractivity contribution in [3.05, 3.63) is 29.9 Å². The van der Waals surface area contributed by atoms with Gasteiger partial charge in [0.25, 0.3) is 0 Å². The van der Waals surface area contributed by atoms with Crippen molar-refractivity contribution < 1.29 is 4.79 Å². The lowest BCUT2D eigenvalue weighted by atomic mass is 9.99. The van der Waals surface area contributed by atoms with Crippen LogP contribution < -0.4 is 10.6 Å². The molecule has 0 bridgehead atoms. The molecule has 2 aromatic heterocycles. The van der Waals surface area contributed by atoms with E-state index in [1.54, 1.807) is 0 Å². The van der Waals surface area contributed by atoms with E-state index in [-0.39, 0.29) is 17.5 Å². The second-order valence-corrected chi connectivity index (χ2v) is 7.60. The zero-order chi connectivity index (χ0) is 18.0. The van der Waals surface area contributed by atoms with Crippen molar-refractivity contribution in [2.45, 2.75) is 65.1 Å². The molecule has 0 aromatic carbocycles. The Bertz CT molecular complexity index is 741. The molecule has 0 saturated heterocycles. The van der Waals surface area contributed by atoms with E-state index in [1.807, 2.05) is 11.6 Å². The minimum Gasteiger partial charge on any atom is -0.337 e. The molecule has 8 nitrogen and oxygen atoms in total. The van der Waals surface area contributed by atoms with Gasteiger partial charge in [0.1, 0.15) is 18.0 Å². The summed E-state index contributed by atoms with van der Waals surface area (Å²) in [6.07, 6.45) is 5.77. The molecule has 8 heteroatoms. The first kappa shape index (κ1) is 17.4. The first-order valence-electron chi connectivity index (χ1n) is 8.79. The molecule has 0 aliphatic carbocycles. The molecule has 1 unspecified atom stereocenters. The zero-order valence-electron chi connectivity index (χ0n) is 15.4. The molecule has 1 aliphatic rings. The van der Waals surface area contributed by atoms with E-state index in [1.165, 1.54) is 6.33 Å². The van der Waals surface area contributed by atoms with E-state index in [4.69, 9.17) is 0 Å². The van der Waals surface area contributed by atoms with Gasteiger partial charge < -0.3 is 15.2 Å². The summed E-state index contributed by atoms with van der Waals surface area (Å²) in [6.45, 7) is 10.1. The number of nitrogens with one attached hydrogen (secondary N) is 2. The normalized spacial score (nSPS) is 17.2. The second-order valence-electron chi connectivity index (χ2n) is 7.60. The van der Waals surface area contributed by atoms with Crippen molar-refractivity contribution in [2.24, 2.45) is 0 Å². The van der Waals surface area contributed by atoms with Crippen LogP contribution in [0.15, 0.2) is 12.5 Å². The van der Waals surface area contributed by atoms with Gasteiger partial charge in [0, 0.05) is 25.2 Å². The molecule has 0 spiro atoms. The number of carbonyl (C=O) groups is 1. The third kappa shape index (κ3) is 4.00. The lowest BCUT2D eigenvalue weighted by molar-refractivity contribution is 0.237. The molecule has 25 heavy (non-hydrogen) atoms. The highest BCUT2D eigenvalue weighted by Crippen LogP contribution is 2.25. The summed E-state index contributed by atoms with van der Waals surface area (Å²) >= 11 is 0. The van der Waals surface area contributed by atoms with Gasteiger partial charge in [-0.15, -0.1) is 0 Å². The molecule has 2 N–H and O–H groups in total. The minimum absolute atomic E-state index is 0.166. The van der Waals surface area contributed by atoms with E-state index in [0.717, 1.165) is 36.7 Å². The topological polar surface area (TPSA) is 89.7 Å². The maximum Gasteiger partial charge on any atom is 0.315 e. The molecule has 3 heterocycles. The highest BCUT2D eigenvalue weighted by molar-refractivity contribution is 5.73. The fourth-order valence-corrected chi connectivity index (χ4v) is 3.28. The predicted molar refractivity (Wildman–Crippen MR) is 94.2 cm³/mol. The number of aryl methyl sites for hydroxylation is 2. The average molecular weight is 345 g/mol. The van der Waals surface area contributed by atoms with Crippen LogP contribution in [0.1, 0.15) is 56.9 Å². The highest BCUT2D eigenvalue weighted by Gasteiger charge is 2.23. The Morgan fingerprint density at radius 2 is 2.16 bits per heavy atom. The largest absolute Gasteiger partial charge is 0.337 e. The molecule has 1 atom stereocenters. The molecule has 2 aromatic rings. The van der Waals surface area contributed by atoms with Crippen molar-refractivity contribution in [2.75, 3.05) is 6.54 Å². The van der Waals surface area contributed by atoms with Gasteiger partial charge in [0.05, 0.1) is 17.8 Å². The quantitative estimate of drug-likeness (QED) is 0.886. The summed E-state index contributed by atoms with van der Waals surface area (Å²) in [5, 5.41) is 10.1. The van der Waals surface area contributed by atoms with Crippen LogP contribution in [0.25, 0.3) is 0 Å². The third-order valence-corrected chi connectivity index (χ3v) is 4.41. The van der Waals surface area contributed by atoms with Crippen LogP contribution in [0.4, 0.5) is 4.79 Å². The van der Waals surface area contributed by atoms with Crippen molar-refractivity contribution in [3.63, 3.8) is 0 Å². The standard InChI is InChI=1S/C17H27N7O/c1-12-10-23-7-5-6-13(15(23)22-12)8-18-16(25)19-9-14-20-11-21-24(14)17(2,3)4/h10-11,13H,5-9H2,1-4H3,(H2,18,19,25). The summed E-state index contributed by atoms with van der Waals surface area (Å²) < 4.78 is 4.03. The van der Waals surface area contributed by atoms with E-state index < -0.39 is 0 Å². The van der Waals surface area contributed by atoms with Crippen molar-refractivity contribution >= 4 is 6.03 Å². The summed E-state index contributed by atoms with van der Waals surface area (Å²) in [6, 6.07) is -0.191. The van der Waals surface area contributed by atoms with E-state index in [2.05, 4.69) is 57.2 Å². The number of urea groups is 1. The molecular weight excluding hydrogens is 318 g/mol. The lowest BCUT2D eigenvalue weighted by Gasteiger charge is -2.24. The molecule has 0 fully saturated rings.